The number of para-hydroxylation sites is 1. The largest absolute Gasteiger partial charge is 0.419 e. The lowest BCUT2D eigenvalue weighted by atomic mass is 10.1. The Labute approximate surface area is 165 Å². The third-order valence-corrected chi connectivity index (χ3v) is 5.45. The molecule has 1 saturated heterocycles. The highest BCUT2D eigenvalue weighted by atomic mass is 35.5. The molecule has 8 heteroatoms. The monoisotopic (exact) mass is 408 g/mol. The number of hydrogen-bond acceptors (Lipinski definition) is 2. The number of nitrogens with zero attached hydrogens (tertiary/aromatic N) is 2. The van der Waals surface area contributed by atoms with Crippen molar-refractivity contribution in [3.8, 4) is 0 Å². The van der Waals surface area contributed by atoms with Crippen molar-refractivity contribution < 1.29 is 23.1 Å². The number of quaternary nitrogens is 1. The zero-order valence-electron chi connectivity index (χ0n) is 15.1. The molecule has 28 heavy (non-hydrogen) atoms. The van der Waals surface area contributed by atoms with E-state index in [0.29, 0.717) is 11.0 Å². The summed E-state index contributed by atoms with van der Waals surface area (Å²) in [7, 11) is 0. The first-order chi connectivity index (χ1) is 13.4. The second-order valence-corrected chi connectivity index (χ2v) is 7.36. The molecule has 1 aliphatic rings. The number of alkyl halides is 3. The van der Waals surface area contributed by atoms with Crippen LogP contribution < -0.4 is 14.8 Å². The van der Waals surface area contributed by atoms with E-state index >= 15 is 0 Å². The second-order valence-electron chi connectivity index (χ2n) is 7.01. The molecule has 0 aliphatic carbocycles. The van der Waals surface area contributed by atoms with Crippen LogP contribution in [0.15, 0.2) is 48.7 Å². The number of piperazine rings is 1. The summed E-state index contributed by atoms with van der Waals surface area (Å²) in [6.45, 7) is 4.04. The van der Waals surface area contributed by atoms with Crippen LogP contribution in [0.3, 0.4) is 0 Å². The number of aromatic amines is 1. The van der Waals surface area contributed by atoms with Crippen LogP contribution in [0.5, 0.6) is 0 Å². The molecule has 3 aromatic rings. The highest BCUT2D eigenvalue weighted by Crippen LogP contribution is 2.28. The molecule has 0 spiro atoms. The van der Waals surface area contributed by atoms with Crippen LogP contribution in [0.4, 0.5) is 19.0 Å². The Morgan fingerprint density at radius 2 is 1.86 bits per heavy atom. The van der Waals surface area contributed by atoms with Gasteiger partial charge < -0.3 is 4.90 Å². The molecular weight excluding hydrogens is 389 g/mol. The highest BCUT2D eigenvalue weighted by molar-refractivity contribution is 6.30. The summed E-state index contributed by atoms with van der Waals surface area (Å²) in [5.74, 6) is 0.706. The molecule has 0 atom stereocenters. The minimum atomic E-state index is -4.33. The van der Waals surface area contributed by atoms with Crippen molar-refractivity contribution in [3.05, 3.63) is 64.9 Å². The van der Waals surface area contributed by atoms with Crippen LogP contribution in [0.2, 0.25) is 5.15 Å². The summed E-state index contributed by atoms with van der Waals surface area (Å²) >= 11 is 6.37. The normalized spacial score (nSPS) is 15.9. The number of aromatic nitrogens is 2. The molecule has 2 N–H and O–H groups in total. The molecule has 0 unspecified atom stereocenters. The summed E-state index contributed by atoms with van der Waals surface area (Å²) in [6.07, 6.45) is -3.31. The first-order valence-electron chi connectivity index (χ1n) is 9.12. The van der Waals surface area contributed by atoms with Gasteiger partial charge in [0.25, 0.3) is 5.82 Å². The predicted octanol–water partition coefficient (Wildman–Crippen LogP) is 2.63. The van der Waals surface area contributed by atoms with Crippen molar-refractivity contribution in [1.82, 2.24) is 4.98 Å². The summed E-state index contributed by atoms with van der Waals surface area (Å²) in [6, 6.07) is 12.6. The quantitative estimate of drug-likeness (QED) is 0.676. The van der Waals surface area contributed by atoms with Gasteiger partial charge in [-0.25, -0.2) is 9.97 Å². The zero-order chi connectivity index (χ0) is 19.7. The van der Waals surface area contributed by atoms with Gasteiger partial charge in [0.1, 0.15) is 44.1 Å². The van der Waals surface area contributed by atoms with Gasteiger partial charge in [0.05, 0.1) is 11.1 Å². The van der Waals surface area contributed by atoms with Crippen molar-refractivity contribution in [2.75, 3.05) is 31.1 Å². The van der Waals surface area contributed by atoms with E-state index < -0.39 is 11.7 Å². The van der Waals surface area contributed by atoms with E-state index in [9.17, 15) is 13.2 Å². The van der Waals surface area contributed by atoms with Crippen molar-refractivity contribution in [2.24, 2.45) is 0 Å². The van der Waals surface area contributed by atoms with Crippen LogP contribution >= 0.6 is 11.6 Å². The minimum Gasteiger partial charge on any atom is -0.325 e. The Balaban J connectivity index is 1.40. The number of halogens is 4. The molecule has 1 aliphatic heterocycles. The third kappa shape index (κ3) is 4.05. The number of hydrogen-bond donors (Lipinski definition) is 1. The Bertz CT molecular complexity index is 967. The van der Waals surface area contributed by atoms with Gasteiger partial charge in [-0.05, 0) is 18.2 Å². The van der Waals surface area contributed by atoms with Crippen LogP contribution in [0, 0.1) is 0 Å². The smallest absolute Gasteiger partial charge is 0.325 e. The maximum absolute atomic E-state index is 12.7. The van der Waals surface area contributed by atoms with E-state index in [-0.39, 0.29) is 0 Å². The Morgan fingerprint density at radius 1 is 1.11 bits per heavy atom. The standard InChI is InChI=1S/C20H18ClF3N4/c21-19-15(11-14-3-1-2-4-17(14)26-19)13-27-7-9-28(10-8-27)18-6-5-16(12-25-18)20(22,23)24/h1-6,11-12H,7-10,13H2/p+2. The number of H-pyrrole nitrogens is 1. The zero-order valence-corrected chi connectivity index (χ0v) is 15.8. The molecule has 3 heterocycles. The molecule has 1 aromatic carbocycles. The van der Waals surface area contributed by atoms with Crippen LogP contribution in [0.25, 0.3) is 10.9 Å². The lowest BCUT2D eigenvalue weighted by Crippen LogP contribution is -3.13. The molecule has 4 nitrogen and oxygen atoms in total. The molecule has 0 bridgehead atoms. The predicted molar refractivity (Wildman–Crippen MR) is 101 cm³/mol. The van der Waals surface area contributed by atoms with Gasteiger partial charge in [-0.1, -0.05) is 29.8 Å². The Morgan fingerprint density at radius 3 is 2.54 bits per heavy atom. The summed E-state index contributed by atoms with van der Waals surface area (Å²) in [5.41, 5.74) is 1.23. The average Bonchev–Trinajstić information content (AvgIpc) is 2.69. The summed E-state index contributed by atoms with van der Waals surface area (Å²) < 4.78 is 38.1. The third-order valence-electron chi connectivity index (χ3n) is 5.13. The van der Waals surface area contributed by atoms with Gasteiger partial charge in [-0.3, -0.25) is 4.90 Å². The number of anilines is 1. The van der Waals surface area contributed by atoms with Crippen molar-refractivity contribution >= 4 is 28.3 Å². The fraction of sp³-hybridized carbons (Fsp3) is 0.300. The van der Waals surface area contributed by atoms with Crippen molar-refractivity contribution in [3.63, 3.8) is 0 Å². The molecule has 0 radical (unpaired) electrons. The van der Waals surface area contributed by atoms with Gasteiger partial charge >= 0.3 is 6.18 Å². The molecule has 146 valence electrons. The van der Waals surface area contributed by atoms with Crippen molar-refractivity contribution in [1.29, 1.82) is 0 Å². The van der Waals surface area contributed by atoms with E-state index in [1.54, 1.807) is 0 Å². The molecule has 4 rings (SSSR count). The molecule has 0 amide bonds. The maximum atomic E-state index is 12.7. The van der Waals surface area contributed by atoms with E-state index in [0.717, 1.165) is 61.5 Å². The molecule has 1 fully saturated rings. The van der Waals surface area contributed by atoms with E-state index in [1.807, 2.05) is 24.3 Å². The minimum absolute atomic E-state index is 0.532. The van der Waals surface area contributed by atoms with Gasteiger partial charge in [-0.15, -0.1) is 0 Å². The van der Waals surface area contributed by atoms with Crippen LogP contribution in [0.1, 0.15) is 11.1 Å². The number of nitrogens with one attached hydrogen (secondary N) is 2. The first-order valence-corrected chi connectivity index (χ1v) is 9.49. The first kappa shape index (κ1) is 19.0. The summed E-state index contributed by atoms with van der Waals surface area (Å²) in [4.78, 5) is 10.7. The van der Waals surface area contributed by atoms with Crippen LogP contribution in [-0.4, -0.2) is 31.2 Å². The lowest BCUT2D eigenvalue weighted by molar-refractivity contribution is -0.914. The van der Waals surface area contributed by atoms with Gasteiger partial charge in [0.15, 0.2) is 0 Å². The topological polar surface area (TPSA) is 34.7 Å². The van der Waals surface area contributed by atoms with Crippen molar-refractivity contribution in [2.45, 2.75) is 12.7 Å². The number of pyridine rings is 2. The van der Waals surface area contributed by atoms with E-state index in [1.165, 1.54) is 11.0 Å². The van der Waals surface area contributed by atoms with Crippen LogP contribution in [-0.2, 0) is 12.7 Å². The molecule has 0 saturated carbocycles. The molecule has 2 aromatic heterocycles. The maximum Gasteiger partial charge on any atom is 0.419 e. The van der Waals surface area contributed by atoms with Gasteiger partial charge in [0, 0.05) is 17.0 Å². The number of rotatable bonds is 3. The summed E-state index contributed by atoms with van der Waals surface area (Å²) in [5, 5.41) is 1.60. The highest BCUT2D eigenvalue weighted by Gasteiger charge is 2.33. The number of fused-ring (bicyclic) bond motifs is 1. The van der Waals surface area contributed by atoms with E-state index in [4.69, 9.17) is 11.6 Å². The Kier molecular flexibility index (Phi) is 5.12. The van der Waals surface area contributed by atoms with Gasteiger partial charge in [-0.2, -0.15) is 13.2 Å². The fourth-order valence-corrected chi connectivity index (χ4v) is 3.77. The van der Waals surface area contributed by atoms with E-state index in [2.05, 4.69) is 20.9 Å². The lowest BCUT2D eigenvalue weighted by Gasteiger charge is -2.28. The van der Waals surface area contributed by atoms with Gasteiger partial charge in [0.2, 0.25) is 0 Å². The average molecular weight is 409 g/mol. The fourth-order valence-electron chi connectivity index (χ4n) is 3.56. The second kappa shape index (κ2) is 7.56. The number of benzene rings is 1. The Hall–Kier alpha value is -2.38. The SMILES string of the molecule is FC(F)(F)c1ccc(N2CC[NH+](Cc3cc4ccccc4nc3Cl)CC2)[nH+]c1. The molecular formula is C20H20ClF3N4+2.